The highest BCUT2D eigenvalue weighted by Gasteiger charge is 2.52. The molecule has 14 atom stereocenters. The molecule has 11 N–H and O–H groups in total. The number of nitrogens with one attached hydrogen (secondary N) is 3. The van der Waals surface area contributed by atoms with E-state index in [1.165, 1.54) is 42.4 Å². The summed E-state index contributed by atoms with van der Waals surface area (Å²) in [7, 11) is -4.71. The van der Waals surface area contributed by atoms with Gasteiger partial charge < -0.3 is 51.9 Å². The first-order chi connectivity index (χ1) is 43.5. The van der Waals surface area contributed by atoms with Crippen molar-refractivity contribution in [1.29, 1.82) is 0 Å². The van der Waals surface area contributed by atoms with Crippen LogP contribution in [0.2, 0.25) is 0 Å². The van der Waals surface area contributed by atoms with Crippen LogP contribution in [-0.4, -0.2) is 75.9 Å². The number of guanidine groups is 1. The summed E-state index contributed by atoms with van der Waals surface area (Å²) in [4.78, 5) is 8.57. The van der Waals surface area contributed by atoms with Gasteiger partial charge in [0.25, 0.3) is 10.1 Å². The highest BCUT2D eigenvalue weighted by molar-refractivity contribution is 7.86. The Labute approximate surface area is 530 Å². The van der Waals surface area contributed by atoms with Gasteiger partial charge in [-0.25, -0.2) is 4.99 Å². The van der Waals surface area contributed by atoms with Crippen molar-refractivity contribution < 1.29 is 37.8 Å². The van der Waals surface area contributed by atoms with Gasteiger partial charge >= 0.3 is 0 Å². The van der Waals surface area contributed by atoms with Gasteiger partial charge in [0.05, 0.1) is 17.0 Å². The summed E-state index contributed by atoms with van der Waals surface area (Å²) in [5.74, 6) is 6.13. The first-order valence-electron chi connectivity index (χ1n) is 33.3. The fraction of sp³-hybridized carbons (Fsp3) is 0.480. The molecule has 2 saturated carbocycles. The van der Waals surface area contributed by atoms with Crippen LogP contribution in [-0.2, 0) is 38.8 Å². The summed E-state index contributed by atoms with van der Waals surface area (Å²) in [6.45, 7) is 3.82. The van der Waals surface area contributed by atoms with Gasteiger partial charge in [-0.05, 0) is 206 Å². The second-order valence-corrected chi connectivity index (χ2v) is 29.9. The lowest BCUT2D eigenvalue weighted by molar-refractivity contribution is -0.0834. The Kier molecular flexibility index (Phi) is 16.6. The molecule has 1 aromatic heterocycles. The van der Waals surface area contributed by atoms with Crippen molar-refractivity contribution in [3.8, 4) is 23.3 Å². The molecule has 1 saturated heterocycles. The van der Waals surface area contributed by atoms with Gasteiger partial charge in [-0.1, -0.05) is 123 Å². The molecule has 1 spiro atoms. The largest absolute Gasteiger partial charge is 0.508 e. The molecule has 6 aromatic rings. The number of allylic oxidation sites excluding steroid dienone is 1. The van der Waals surface area contributed by atoms with Gasteiger partial charge in [0, 0.05) is 72.8 Å². The van der Waals surface area contributed by atoms with E-state index < -0.39 is 50.6 Å². The van der Waals surface area contributed by atoms with Crippen LogP contribution in [0.25, 0.3) is 0 Å². The minimum absolute atomic E-state index is 0.0704. The maximum atomic E-state index is 14.6. The van der Waals surface area contributed by atoms with Crippen molar-refractivity contribution in [3.63, 3.8) is 0 Å². The summed E-state index contributed by atoms with van der Waals surface area (Å²) in [6.07, 6.45) is 15.4. The van der Waals surface area contributed by atoms with E-state index in [1.54, 1.807) is 12.1 Å². The first kappa shape index (κ1) is 60.7. The summed E-state index contributed by atoms with van der Waals surface area (Å²) < 4.78 is 55.8. The predicted octanol–water partition coefficient (Wildman–Crippen LogP) is 12.4. The number of rotatable bonds is 12. The monoisotopic (exact) mass is 1230 g/mol. The van der Waals surface area contributed by atoms with Gasteiger partial charge in [-0.15, -0.1) is 0 Å². The minimum atomic E-state index is -4.71. The molecule has 7 heterocycles. The number of H-pyrrole nitrogens is 1. The number of aromatic nitrogens is 1. The molecule has 4 aliphatic carbocycles. The lowest BCUT2D eigenvalue weighted by Gasteiger charge is -2.46. The van der Waals surface area contributed by atoms with Crippen LogP contribution < -0.4 is 26.8 Å². The molecule has 0 radical (unpaired) electrons. The normalized spacial score (nSPS) is 31.1. The number of benzene rings is 5. The zero-order valence-corrected chi connectivity index (χ0v) is 52.5. The second-order valence-electron chi connectivity index (χ2n) is 28.3. The second kappa shape index (κ2) is 24.6. The van der Waals surface area contributed by atoms with Gasteiger partial charge in [-0.2, -0.15) is 8.42 Å². The third-order valence-electron chi connectivity index (χ3n) is 22.8. The number of aliphatic hydroxyl groups excluding tert-OH is 1. The highest BCUT2D eigenvalue weighted by Crippen LogP contribution is 2.57. The number of nitrogens with two attached hydrogens (primary N) is 2. The molecule has 0 amide bonds. The lowest BCUT2D eigenvalue weighted by Crippen LogP contribution is -2.48. The van der Waals surface area contributed by atoms with E-state index in [0.717, 1.165) is 78.0 Å². The van der Waals surface area contributed by atoms with E-state index in [0.29, 0.717) is 61.8 Å². The number of anilines is 1. The quantitative estimate of drug-likeness (QED) is 0.0183. The van der Waals surface area contributed by atoms with E-state index in [9.17, 15) is 28.3 Å². The van der Waals surface area contributed by atoms with Gasteiger partial charge in [0.1, 0.15) is 23.4 Å². The number of aliphatic hydroxyl groups is 2. The van der Waals surface area contributed by atoms with E-state index >= 15 is 0 Å². The Bertz CT molecular complexity index is 3830. The van der Waals surface area contributed by atoms with Crippen molar-refractivity contribution in [1.82, 2.24) is 10.3 Å². The number of aromatic amines is 1. The van der Waals surface area contributed by atoms with E-state index in [2.05, 4.69) is 113 Å². The molecule has 15 heteroatoms. The van der Waals surface area contributed by atoms with E-state index in [-0.39, 0.29) is 78.3 Å². The molecule has 0 unspecified atom stereocenters. The molecular formula is C75H88N6O8S. The maximum absolute atomic E-state index is 14.6. The molecule has 90 heavy (non-hydrogen) atoms. The highest BCUT2D eigenvalue weighted by atomic mass is 32.2. The standard InChI is InChI=1S/C75H88N6O8S/c1-46-16-17-52-36-59-24-26-61(52)63(46)40-68(90(85,86)87)65-39-55-34-54(37-60-33-48(44-82)12-7-13-51-35-58(83)23-25-62(51)71(55)88-60)70(65)49-18-21-56(22-19-49)75(89-59,81-72(76)77)42-57(32-47-10-3-2-4-11-47)74(84)30-8-14-53(41-74)50-20-27-66-64(38-50)67(43-79-69-15-9-31-78-69)80-45-73(66)28-5-6-29-73/h2-4,9-11,15,18-27,31,35-36,38-39,46,48,53-54,57,60,63,65,67-68,70-71,78-80,82-84H,5-6,8,12,14,16-17,28-30,32-34,37,40-45H2,1H3,(H4,76,77,81)(H,85,86,87)/t46-,48-,53+,54+,57-,60+,63-,65+,67+,68+,70-,71+,74+,75+/m0/s1. The van der Waals surface area contributed by atoms with Crippen LogP contribution in [0.15, 0.2) is 144 Å². The van der Waals surface area contributed by atoms with Crippen LogP contribution in [0.5, 0.6) is 11.5 Å². The van der Waals surface area contributed by atoms with Crippen LogP contribution in [0.3, 0.4) is 0 Å². The first-order valence-corrected chi connectivity index (χ1v) is 34.8. The van der Waals surface area contributed by atoms with Crippen LogP contribution in [0.1, 0.15) is 189 Å². The maximum Gasteiger partial charge on any atom is 0.268 e. The molecule has 10 aliphatic rings. The number of aromatic hydroxyl groups is 1. The molecule has 472 valence electrons. The number of hydrogen-bond donors (Lipinski definition) is 9. The summed E-state index contributed by atoms with van der Waals surface area (Å²) in [5, 5.41) is 42.0. The summed E-state index contributed by atoms with van der Waals surface area (Å²) >= 11 is 0. The van der Waals surface area contributed by atoms with E-state index in [4.69, 9.17) is 25.9 Å². The number of ether oxygens (including phenoxy) is 2. The number of fused-ring (bicyclic) bond motifs is 11. The predicted molar refractivity (Wildman–Crippen MR) is 352 cm³/mol. The van der Waals surface area contributed by atoms with Crippen molar-refractivity contribution in [2.24, 2.45) is 46.0 Å². The number of phenols is 1. The average molecular weight is 1230 g/mol. The zero-order chi connectivity index (χ0) is 61.9. The third-order valence-corrected chi connectivity index (χ3v) is 24.0. The van der Waals surface area contributed by atoms with Crippen LogP contribution in [0, 0.1) is 41.4 Å². The number of phenolic OH excluding ortho intramolecular Hbond substituents is 1. The van der Waals surface area contributed by atoms with Crippen LogP contribution in [0.4, 0.5) is 5.82 Å². The number of nitrogens with zero attached hydrogens (tertiary/aromatic N) is 1. The Morgan fingerprint density at radius 2 is 1.69 bits per heavy atom. The fourth-order valence-corrected chi connectivity index (χ4v) is 19.4. The molecule has 16 rings (SSSR count). The average Bonchev–Trinajstić information content (AvgIpc) is 1.39. The van der Waals surface area contributed by atoms with E-state index in [1.807, 2.05) is 42.6 Å². The lowest BCUT2D eigenvalue weighted by atomic mass is 9.64. The molecule has 5 aromatic carbocycles. The molecule has 10 bridgehead atoms. The Morgan fingerprint density at radius 1 is 0.878 bits per heavy atom. The van der Waals surface area contributed by atoms with Crippen molar-refractivity contribution in [2.45, 2.75) is 174 Å². The van der Waals surface area contributed by atoms with Gasteiger partial charge in [-0.3, -0.25) is 4.55 Å². The fourth-order valence-electron chi connectivity index (χ4n) is 18.3. The Morgan fingerprint density at radius 3 is 2.47 bits per heavy atom. The smallest absolute Gasteiger partial charge is 0.268 e. The minimum Gasteiger partial charge on any atom is -0.508 e. The molecular weight excluding hydrogens is 1140 g/mol. The van der Waals surface area contributed by atoms with Crippen LogP contribution >= 0.6 is 0 Å². The topological polar surface area (TPSA) is 238 Å². The zero-order valence-electron chi connectivity index (χ0n) is 51.7. The Balaban J connectivity index is 0.887. The molecule has 6 aliphatic heterocycles. The Hall–Kier alpha value is -6.90. The number of aryl methyl sites for hydroxylation is 1. The molecule has 14 nitrogen and oxygen atoms in total. The number of aliphatic imine (C=N–C) groups is 1. The summed E-state index contributed by atoms with van der Waals surface area (Å²) in [5.41, 5.74) is 21.9. The van der Waals surface area contributed by atoms with Crippen molar-refractivity contribution in [2.75, 3.05) is 25.0 Å². The van der Waals surface area contributed by atoms with Crippen molar-refractivity contribution >= 4 is 21.9 Å². The SMILES string of the molecule is C[C@H]1CCc2cc3ccc2[C@H]1C[C@@H](S(=O)(=O)O)[C@H]1C=C2C[C@H](C[C@H]4C[C@@H](CO)CC#Cc5cc(O)ccc5[C@@H]2O4)[C@@H]1c1ccc(cc1)[C@](C[C@H](Cc1ccccc1)[C@@]1(O)CCC[C@@H](c2ccc4c(c2)[C@@H](CNc2ccc[nH]2)NCC42CCCC2)C1)(N=C(N)N)O3. The summed E-state index contributed by atoms with van der Waals surface area (Å²) in [6, 6.07) is 41.4. The number of hydrogen-bond acceptors (Lipinski definition) is 10. The third kappa shape index (κ3) is 11.9. The van der Waals surface area contributed by atoms with Gasteiger partial charge in [0.15, 0.2) is 5.96 Å². The van der Waals surface area contributed by atoms with Gasteiger partial charge in [0.2, 0.25) is 5.72 Å². The van der Waals surface area contributed by atoms with Crippen molar-refractivity contribution in [3.05, 3.63) is 195 Å². The molecule has 3 fully saturated rings.